The minimum absolute atomic E-state index is 0.103. The van der Waals surface area contributed by atoms with Crippen molar-refractivity contribution in [2.75, 3.05) is 6.61 Å². The van der Waals surface area contributed by atoms with Gasteiger partial charge in [-0.3, -0.25) is 4.90 Å². The number of alkyl halides is 3. The molecule has 0 spiro atoms. The van der Waals surface area contributed by atoms with Gasteiger partial charge in [-0.05, 0) is 50.1 Å². The van der Waals surface area contributed by atoms with Gasteiger partial charge in [-0.1, -0.05) is 12.1 Å². The normalized spacial score (nSPS) is 13.2. The van der Waals surface area contributed by atoms with Crippen LogP contribution < -0.4 is 4.74 Å². The Kier molecular flexibility index (Phi) is 6.81. The standard InChI is InChI=1S/C23H26F3N3O5/c1-22(2,3)29(21(32)33)10-14-9-16(13-5-7-15(8-6-13)34-23(24,25)26)19-20(28(4)12-27-19)18(14)17(31)11-30/h5-9,12,17,30-31H,10-11H2,1-4H3,(H,32,33). The molecule has 0 saturated heterocycles. The Morgan fingerprint density at radius 3 is 2.32 bits per heavy atom. The molecule has 0 bridgehead atoms. The van der Waals surface area contributed by atoms with Crippen LogP contribution in [0.1, 0.15) is 38.0 Å². The van der Waals surface area contributed by atoms with E-state index < -0.39 is 30.7 Å². The molecule has 0 aliphatic carbocycles. The number of aromatic nitrogens is 2. The number of carboxylic acid groups (broad SMARTS) is 1. The van der Waals surface area contributed by atoms with Crippen molar-refractivity contribution in [3.8, 4) is 16.9 Å². The zero-order valence-corrected chi connectivity index (χ0v) is 19.1. The van der Waals surface area contributed by atoms with Crippen LogP contribution >= 0.6 is 0 Å². The van der Waals surface area contributed by atoms with Crippen molar-refractivity contribution in [3.05, 3.63) is 47.8 Å². The zero-order chi connectivity index (χ0) is 25.4. The van der Waals surface area contributed by atoms with E-state index in [2.05, 4.69) is 9.72 Å². The number of fused-ring (bicyclic) bond motifs is 1. The maximum atomic E-state index is 12.5. The van der Waals surface area contributed by atoms with Gasteiger partial charge >= 0.3 is 12.5 Å². The minimum atomic E-state index is -4.82. The van der Waals surface area contributed by atoms with Crippen molar-refractivity contribution in [1.29, 1.82) is 0 Å². The number of nitrogens with zero attached hydrogens (tertiary/aromatic N) is 3. The number of hydrogen-bond acceptors (Lipinski definition) is 5. The van der Waals surface area contributed by atoms with E-state index >= 15 is 0 Å². The number of ether oxygens (including phenoxy) is 1. The number of amides is 1. The van der Waals surface area contributed by atoms with Gasteiger partial charge in [0.25, 0.3) is 0 Å². The summed E-state index contributed by atoms with van der Waals surface area (Å²) in [6.45, 7) is 4.48. The molecule has 8 nitrogen and oxygen atoms in total. The minimum Gasteiger partial charge on any atom is -0.465 e. The average molecular weight is 481 g/mol. The summed E-state index contributed by atoms with van der Waals surface area (Å²) < 4.78 is 43.2. The van der Waals surface area contributed by atoms with E-state index in [9.17, 15) is 33.3 Å². The number of aryl methyl sites for hydroxylation is 1. The molecule has 0 radical (unpaired) electrons. The first-order chi connectivity index (χ1) is 15.7. The molecular formula is C23H26F3N3O5. The molecule has 34 heavy (non-hydrogen) atoms. The number of rotatable bonds is 6. The molecule has 1 atom stereocenters. The first kappa shape index (κ1) is 25.3. The Morgan fingerprint density at radius 2 is 1.82 bits per heavy atom. The van der Waals surface area contributed by atoms with Crippen molar-refractivity contribution in [2.45, 2.75) is 45.3 Å². The summed E-state index contributed by atoms with van der Waals surface area (Å²) in [6, 6.07) is 6.87. The second-order valence-electron chi connectivity index (χ2n) is 8.86. The van der Waals surface area contributed by atoms with Crippen molar-refractivity contribution in [1.82, 2.24) is 14.5 Å². The molecule has 1 aromatic heterocycles. The van der Waals surface area contributed by atoms with Crippen molar-refractivity contribution < 1.29 is 38.0 Å². The lowest BCUT2D eigenvalue weighted by molar-refractivity contribution is -0.274. The van der Waals surface area contributed by atoms with Gasteiger partial charge in [0.1, 0.15) is 11.9 Å². The van der Waals surface area contributed by atoms with Crippen molar-refractivity contribution >= 4 is 17.1 Å². The Labute approximate surface area is 193 Å². The summed E-state index contributed by atoms with van der Waals surface area (Å²) >= 11 is 0. The third kappa shape index (κ3) is 5.26. The molecule has 3 rings (SSSR count). The molecule has 0 aliphatic heterocycles. The summed E-state index contributed by atoms with van der Waals surface area (Å²) in [6.07, 6.45) is -5.79. The van der Waals surface area contributed by atoms with Gasteiger partial charge in [0.2, 0.25) is 0 Å². The van der Waals surface area contributed by atoms with Crippen LogP contribution in [0.2, 0.25) is 0 Å². The van der Waals surface area contributed by atoms with Gasteiger partial charge in [0.05, 0.1) is 24.0 Å². The van der Waals surface area contributed by atoms with Crippen LogP contribution in [-0.4, -0.2) is 54.4 Å². The first-order valence-corrected chi connectivity index (χ1v) is 10.4. The van der Waals surface area contributed by atoms with Crippen LogP contribution in [-0.2, 0) is 13.6 Å². The van der Waals surface area contributed by atoms with Gasteiger partial charge in [-0.25, -0.2) is 9.78 Å². The Bertz CT molecular complexity index is 1180. The lowest BCUT2D eigenvalue weighted by Crippen LogP contribution is -2.44. The summed E-state index contributed by atoms with van der Waals surface area (Å²) in [5, 5.41) is 30.1. The van der Waals surface area contributed by atoms with E-state index in [1.807, 2.05) is 0 Å². The van der Waals surface area contributed by atoms with Crippen LogP contribution in [0, 0.1) is 0 Å². The maximum Gasteiger partial charge on any atom is 0.573 e. The largest absolute Gasteiger partial charge is 0.573 e. The van der Waals surface area contributed by atoms with Crippen molar-refractivity contribution in [3.63, 3.8) is 0 Å². The van der Waals surface area contributed by atoms with E-state index in [4.69, 9.17) is 0 Å². The van der Waals surface area contributed by atoms with E-state index in [0.29, 0.717) is 33.3 Å². The number of aliphatic hydroxyl groups excluding tert-OH is 2. The Hall–Kier alpha value is -3.31. The number of imidazole rings is 1. The second kappa shape index (κ2) is 9.15. The molecule has 0 aliphatic rings. The summed E-state index contributed by atoms with van der Waals surface area (Å²) in [4.78, 5) is 17.6. The van der Waals surface area contributed by atoms with E-state index in [1.165, 1.54) is 35.5 Å². The van der Waals surface area contributed by atoms with Crippen LogP contribution in [0.15, 0.2) is 36.7 Å². The molecule has 1 unspecified atom stereocenters. The number of hydrogen-bond donors (Lipinski definition) is 3. The fourth-order valence-electron chi connectivity index (χ4n) is 3.83. The Morgan fingerprint density at radius 1 is 1.21 bits per heavy atom. The topological polar surface area (TPSA) is 108 Å². The second-order valence-corrected chi connectivity index (χ2v) is 8.86. The molecular weight excluding hydrogens is 455 g/mol. The van der Waals surface area contributed by atoms with E-state index in [0.717, 1.165) is 0 Å². The molecule has 2 aromatic carbocycles. The third-order valence-corrected chi connectivity index (χ3v) is 5.39. The van der Waals surface area contributed by atoms with Gasteiger partial charge in [0.15, 0.2) is 0 Å². The fraction of sp³-hybridized carbons (Fsp3) is 0.391. The molecule has 11 heteroatoms. The SMILES string of the molecule is Cn1cnc2c(-c3ccc(OC(F)(F)F)cc3)cc(CN(C(=O)O)C(C)(C)C)c(C(O)CO)c21. The highest BCUT2D eigenvalue weighted by Gasteiger charge is 2.32. The summed E-state index contributed by atoms with van der Waals surface area (Å²) in [5.74, 6) is -0.383. The molecule has 1 amide bonds. The van der Waals surface area contributed by atoms with Crippen LogP contribution in [0.3, 0.4) is 0 Å². The number of carbonyl (C=O) groups is 1. The van der Waals surface area contributed by atoms with Crippen molar-refractivity contribution in [2.24, 2.45) is 7.05 Å². The van der Waals surface area contributed by atoms with E-state index in [-0.39, 0.29) is 12.3 Å². The van der Waals surface area contributed by atoms with Crippen LogP contribution in [0.25, 0.3) is 22.2 Å². The first-order valence-electron chi connectivity index (χ1n) is 10.4. The predicted molar refractivity (Wildman–Crippen MR) is 118 cm³/mol. The Balaban J connectivity index is 2.23. The zero-order valence-electron chi connectivity index (χ0n) is 19.1. The molecule has 184 valence electrons. The van der Waals surface area contributed by atoms with Gasteiger partial charge < -0.3 is 24.6 Å². The highest BCUT2D eigenvalue weighted by atomic mass is 19.4. The number of halogens is 3. The van der Waals surface area contributed by atoms with Gasteiger partial charge in [-0.15, -0.1) is 13.2 Å². The highest BCUT2D eigenvalue weighted by Crippen LogP contribution is 2.37. The quantitative estimate of drug-likeness (QED) is 0.480. The maximum absolute atomic E-state index is 12.5. The lowest BCUT2D eigenvalue weighted by atomic mass is 9.92. The molecule has 0 fully saturated rings. The summed E-state index contributed by atoms with van der Waals surface area (Å²) in [5.41, 5.74) is 1.94. The molecule has 3 N–H and O–H groups in total. The molecule has 1 heterocycles. The van der Waals surface area contributed by atoms with E-state index in [1.54, 1.807) is 38.5 Å². The third-order valence-electron chi connectivity index (χ3n) is 5.39. The highest BCUT2D eigenvalue weighted by molar-refractivity contribution is 5.95. The number of benzene rings is 2. The smallest absolute Gasteiger partial charge is 0.465 e. The van der Waals surface area contributed by atoms with Crippen LogP contribution in [0.4, 0.5) is 18.0 Å². The summed E-state index contributed by atoms with van der Waals surface area (Å²) in [7, 11) is 1.69. The fourth-order valence-corrected chi connectivity index (χ4v) is 3.83. The molecule has 3 aromatic rings. The number of aliphatic hydroxyl groups is 2. The monoisotopic (exact) mass is 481 g/mol. The lowest BCUT2D eigenvalue weighted by Gasteiger charge is -2.34. The van der Waals surface area contributed by atoms with Crippen LogP contribution in [0.5, 0.6) is 5.75 Å². The molecule has 0 saturated carbocycles. The van der Waals surface area contributed by atoms with Gasteiger partial charge in [-0.2, -0.15) is 0 Å². The van der Waals surface area contributed by atoms with Gasteiger partial charge in [0, 0.05) is 30.3 Å². The predicted octanol–water partition coefficient (Wildman–Crippen LogP) is 4.44. The average Bonchev–Trinajstić information content (AvgIpc) is 3.10.